The molecule has 0 saturated carbocycles. The molecular weight excluding hydrogens is 1040 g/mol. The van der Waals surface area contributed by atoms with Gasteiger partial charge in [-0.15, -0.1) is 10.2 Å². The maximum atomic E-state index is 5.08. The van der Waals surface area contributed by atoms with E-state index >= 15 is 0 Å². The standard InChI is InChI=1S/C74H53N11/c1-3-4-25-50(2)67-75-68(51-26-10-5-11-27-51)78-71(76-67)55-33-23-41-62(47-55)84-65-43-21-20-42-63(65)64-49-57(44-45-66(64)84)74-82-81-73(85(74)59-37-18-9-19-38-59)56-34-24-40-61(48-56)83(58-35-16-8-17-36-58)60-39-22-32-54(46-60)72-79-69(52-28-12-6-13-29-52)77-70(80-72)53-30-14-7-15-31-53/h3-8,10-18,20-49H,1-2,9,19H2/b25-4-. The van der Waals surface area contributed by atoms with Crippen molar-refractivity contribution in [3.63, 3.8) is 0 Å². The van der Waals surface area contributed by atoms with Crippen LogP contribution in [0.1, 0.15) is 18.7 Å². The van der Waals surface area contributed by atoms with Gasteiger partial charge in [-0.25, -0.2) is 29.9 Å². The Morgan fingerprint density at radius 2 is 0.894 bits per heavy atom. The molecule has 0 bridgehead atoms. The van der Waals surface area contributed by atoms with Crippen LogP contribution in [0.25, 0.3) is 118 Å². The summed E-state index contributed by atoms with van der Waals surface area (Å²) < 4.78 is 4.51. The predicted octanol–water partition coefficient (Wildman–Crippen LogP) is 17.8. The smallest absolute Gasteiger partial charge is 0.168 e. The van der Waals surface area contributed by atoms with Gasteiger partial charge in [0, 0.05) is 83.7 Å². The summed E-state index contributed by atoms with van der Waals surface area (Å²) in [5.74, 6) is 4.84. The lowest BCUT2D eigenvalue weighted by Crippen LogP contribution is -2.10. The second-order valence-electron chi connectivity index (χ2n) is 20.5. The van der Waals surface area contributed by atoms with E-state index in [0.29, 0.717) is 40.5 Å². The molecule has 0 atom stereocenters. The lowest BCUT2D eigenvalue weighted by Gasteiger charge is -2.26. The molecule has 4 aromatic heterocycles. The van der Waals surface area contributed by atoms with Crippen LogP contribution in [-0.2, 0) is 0 Å². The number of benzene rings is 9. The van der Waals surface area contributed by atoms with Crippen LogP contribution >= 0.6 is 0 Å². The molecule has 0 spiro atoms. The van der Waals surface area contributed by atoms with Crippen LogP contribution in [0.2, 0.25) is 0 Å². The van der Waals surface area contributed by atoms with E-state index in [0.717, 1.165) is 114 Å². The lowest BCUT2D eigenvalue weighted by atomic mass is 10.1. The SMILES string of the molecule is C=C/C=C\C(=C)c1nc(-c2ccccc2)nc(-c2cccc(-n3c4ccccc4c4cc(-c5nnc(-c6cccc(N(c7ccccc7)c7cccc(-c8nc(-c9ccccc9)nc(-c9ccccc9)n8)c7)c6)n5C5=CCCC=C5)ccc43)c2)n1. The van der Waals surface area contributed by atoms with Crippen molar-refractivity contribution in [3.05, 3.63) is 292 Å². The van der Waals surface area contributed by atoms with Crippen molar-refractivity contribution in [1.82, 2.24) is 49.2 Å². The second kappa shape index (κ2) is 22.8. The number of rotatable bonds is 15. The number of allylic oxidation sites excluding steroid dienone is 8. The molecule has 0 N–H and O–H groups in total. The van der Waals surface area contributed by atoms with E-state index in [1.807, 2.05) is 115 Å². The Hall–Kier alpha value is -11.6. The molecule has 85 heavy (non-hydrogen) atoms. The molecule has 0 unspecified atom stereocenters. The van der Waals surface area contributed by atoms with Crippen molar-refractivity contribution < 1.29 is 0 Å². The molecule has 11 heteroatoms. The molecule has 404 valence electrons. The maximum Gasteiger partial charge on any atom is 0.168 e. The molecule has 9 aromatic carbocycles. The molecule has 13 aromatic rings. The largest absolute Gasteiger partial charge is 0.310 e. The van der Waals surface area contributed by atoms with Crippen LogP contribution in [0.5, 0.6) is 0 Å². The van der Waals surface area contributed by atoms with Crippen LogP contribution in [0, 0.1) is 0 Å². The van der Waals surface area contributed by atoms with Crippen LogP contribution in [-0.4, -0.2) is 49.2 Å². The third-order valence-electron chi connectivity index (χ3n) is 15.0. The van der Waals surface area contributed by atoms with Crippen molar-refractivity contribution >= 4 is 50.1 Å². The third kappa shape index (κ3) is 10.2. The van der Waals surface area contributed by atoms with Crippen molar-refractivity contribution in [2.45, 2.75) is 12.8 Å². The maximum absolute atomic E-state index is 5.08. The van der Waals surface area contributed by atoms with Crippen molar-refractivity contribution in [3.8, 4) is 85.4 Å². The molecular formula is C74H53N11. The fourth-order valence-electron chi connectivity index (χ4n) is 11.0. The van der Waals surface area contributed by atoms with Crippen LogP contribution in [0.4, 0.5) is 17.1 Å². The van der Waals surface area contributed by atoms with E-state index in [2.05, 4.69) is 179 Å². The Bertz CT molecular complexity index is 4690. The van der Waals surface area contributed by atoms with Gasteiger partial charge >= 0.3 is 0 Å². The predicted molar refractivity (Wildman–Crippen MR) is 345 cm³/mol. The van der Waals surface area contributed by atoms with Gasteiger partial charge in [0.15, 0.2) is 46.6 Å². The fourth-order valence-corrected chi connectivity index (χ4v) is 11.0. The number of para-hydroxylation sites is 2. The zero-order valence-electron chi connectivity index (χ0n) is 46.2. The van der Waals surface area contributed by atoms with E-state index in [1.165, 1.54) is 0 Å². The Morgan fingerprint density at radius 3 is 1.51 bits per heavy atom. The van der Waals surface area contributed by atoms with Crippen LogP contribution < -0.4 is 4.90 Å². The van der Waals surface area contributed by atoms with Gasteiger partial charge in [-0.05, 0) is 91.7 Å². The summed E-state index contributed by atoms with van der Waals surface area (Å²) in [5, 5.41) is 12.3. The first-order valence-electron chi connectivity index (χ1n) is 28.2. The summed E-state index contributed by atoms with van der Waals surface area (Å²) in [6.07, 6.45) is 13.9. The van der Waals surface area contributed by atoms with Gasteiger partial charge in [-0.3, -0.25) is 4.57 Å². The van der Waals surface area contributed by atoms with E-state index in [9.17, 15) is 0 Å². The average Bonchev–Trinajstić information content (AvgIpc) is 2.04. The Labute approximate surface area is 492 Å². The van der Waals surface area contributed by atoms with E-state index < -0.39 is 0 Å². The fraction of sp³-hybridized carbons (Fsp3) is 0.0270. The van der Waals surface area contributed by atoms with Crippen molar-refractivity contribution in [2.75, 3.05) is 4.90 Å². The van der Waals surface area contributed by atoms with Gasteiger partial charge in [0.05, 0.1) is 11.0 Å². The van der Waals surface area contributed by atoms with E-state index in [-0.39, 0.29) is 0 Å². The zero-order chi connectivity index (χ0) is 57.1. The molecule has 14 rings (SSSR count). The van der Waals surface area contributed by atoms with Gasteiger partial charge in [0.1, 0.15) is 0 Å². The van der Waals surface area contributed by atoms with Gasteiger partial charge < -0.3 is 9.47 Å². The summed E-state index contributed by atoms with van der Waals surface area (Å²) in [5.41, 5.74) is 13.8. The first-order valence-corrected chi connectivity index (χ1v) is 28.2. The van der Waals surface area contributed by atoms with Gasteiger partial charge in [-0.2, -0.15) is 0 Å². The van der Waals surface area contributed by atoms with Crippen molar-refractivity contribution in [2.24, 2.45) is 0 Å². The van der Waals surface area contributed by atoms with Gasteiger partial charge in [0.2, 0.25) is 0 Å². The summed E-state index contributed by atoms with van der Waals surface area (Å²) >= 11 is 0. The topological polar surface area (TPSA) is 116 Å². The molecule has 11 nitrogen and oxygen atoms in total. The molecule has 0 saturated heterocycles. The van der Waals surface area contributed by atoms with E-state index in [1.54, 1.807) is 6.08 Å². The zero-order valence-corrected chi connectivity index (χ0v) is 46.2. The van der Waals surface area contributed by atoms with Crippen molar-refractivity contribution in [1.29, 1.82) is 0 Å². The number of nitrogens with zero attached hydrogens (tertiary/aromatic N) is 11. The van der Waals surface area contributed by atoms with Crippen LogP contribution in [0.15, 0.2) is 286 Å². The second-order valence-corrected chi connectivity index (χ2v) is 20.5. The first kappa shape index (κ1) is 51.6. The molecule has 0 amide bonds. The highest BCUT2D eigenvalue weighted by molar-refractivity contribution is 6.10. The highest BCUT2D eigenvalue weighted by Crippen LogP contribution is 2.41. The molecule has 0 fully saturated rings. The molecule has 0 aliphatic heterocycles. The van der Waals surface area contributed by atoms with Crippen LogP contribution in [0.3, 0.4) is 0 Å². The van der Waals surface area contributed by atoms with Gasteiger partial charge in [-0.1, -0.05) is 207 Å². The highest BCUT2D eigenvalue weighted by Gasteiger charge is 2.24. The highest BCUT2D eigenvalue weighted by atomic mass is 15.3. The number of fused-ring (bicyclic) bond motifs is 3. The quantitative estimate of drug-likeness (QED) is 0.0925. The first-order chi connectivity index (χ1) is 42.0. The molecule has 4 heterocycles. The lowest BCUT2D eigenvalue weighted by molar-refractivity contribution is 1.00. The number of anilines is 3. The monoisotopic (exact) mass is 1100 g/mol. The Kier molecular flexibility index (Phi) is 13.8. The third-order valence-corrected chi connectivity index (χ3v) is 15.0. The molecule has 1 aliphatic carbocycles. The normalized spacial score (nSPS) is 12.2. The summed E-state index contributed by atoms with van der Waals surface area (Å²) in [7, 11) is 0. The van der Waals surface area contributed by atoms with E-state index in [4.69, 9.17) is 40.1 Å². The summed E-state index contributed by atoms with van der Waals surface area (Å²) in [6.45, 7) is 8.11. The molecule has 0 radical (unpaired) electrons. The number of hydrogen-bond donors (Lipinski definition) is 0. The number of aromatic nitrogens is 10. The number of hydrogen-bond acceptors (Lipinski definition) is 9. The Morgan fingerprint density at radius 1 is 0.412 bits per heavy atom. The molecule has 1 aliphatic rings. The Balaban J connectivity index is 0.856. The average molecular weight is 1100 g/mol. The minimum absolute atomic E-state index is 0.490. The summed E-state index contributed by atoms with van der Waals surface area (Å²) in [6, 6.07) is 80.9. The minimum atomic E-state index is 0.490. The summed E-state index contributed by atoms with van der Waals surface area (Å²) in [4.78, 5) is 32.2. The minimum Gasteiger partial charge on any atom is -0.310 e. The van der Waals surface area contributed by atoms with Gasteiger partial charge in [0.25, 0.3) is 0 Å².